The lowest BCUT2D eigenvalue weighted by Crippen LogP contribution is -2.45. The third-order valence-corrected chi connectivity index (χ3v) is 7.41. The number of ether oxygens (including phenoxy) is 2. The molecule has 36 heavy (non-hydrogen) atoms. The van der Waals surface area contributed by atoms with Gasteiger partial charge in [0.2, 0.25) is 18.6 Å². The van der Waals surface area contributed by atoms with Gasteiger partial charge in [0.1, 0.15) is 0 Å². The molecule has 0 unspecified atom stereocenters. The van der Waals surface area contributed by atoms with E-state index in [4.69, 9.17) is 9.47 Å². The van der Waals surface area contributed by atoms with Crippen molar-refractivity contribution in [3.63, 3.8) is 0 Å². The van der Waals surface area contributed by atoms with Crippen LogP contribution in [0, 0.1) is 5.92 Å². The van der Waals surface area contributed by atoms with Gasteiger partial charge in [-0.05, 0) is 37.0 Å². The second-order valence-electron chi connectivity index (χ2n) is 9.90. The van der Waals surface area contributed by atoms with Crippen molar-refractivity contribution in [1.82, 2.24) is 14.7 Å². The quantitative estimate of drug-likeness (QED) is 0.441. The summed E-state index contributed by atoms with van der Waals surface area (Å²) >= 11 is 0. The molecule has 1 saturated heterocycles. The van der Waals surface area contributed by atoms with Crippen LogP contribution in [0.5, 0.6) is 11.5 Å². The highest BCUT2D eigenvalue weighted by atomic mass is 16.7. The molecular formula is C27H41N3O6. The van der Waals surface area contributed by atoms with Crippen LogP contribution in [0.15, 0.2) is 18.2 Å². The average Bonchev–Trinajstić information content (AvgIpc) is 3.46. The SMILES string of the molecule is CCCCN(CCCC)C(=O)CN1C[C@H](c2ccc3c(c2)OCO3)[C@@H](C(=O)O)[C@@H]1CCN(C)C(C)=O. The Kier molecular flexibility index (Phi) is 9.98. The first-order valence-corrected chi connectivity index (χ1v) is 13.1. The topological polar surface area (TPSA) is 99.6 Å². The highest BCUT2D eigenvalue weighted by Gasteiger charge is 2.47. The minimum Gasteiger partial charge on any atom is -0.481 e. The molecule has 1 fully saturated rings. The van der Waals surface area contributed by atoms with Crippen LogP contribution in [0.25, 0.3) is 0 Å². The highest BCUT2D eigenvalue weighted by Crippen LogP contribution is 2.42. The first kappa shape index (κ1) is 27.8. The number of amides is 2. The van der Waals surface area contributed by atoms with Crippen LogP contribution in [0.2, 0.25) is 0 Å². The van der Waals surface area contributed by atoms with E-state index >= 15 is 0 Å². The monoisotopic (exact) mass is 503 g/mol. The predicted octanol–water partition coefficient (Wildman–Crippen LogP) is 3.18. The lowest BCUT2D eigenvalue weighted by Gasteiger charge is -2.30. The number of nitrogens with zero attached hydrogens (tertiary/aromatic N) is 3. The van der Waals surface area contributed by atoms with Crippen LogP contribution in [-0.4, -0.2) is 90.2 Å². The van der Waals surface area contributed by atoms with Gasteiger partial charge in [-0.25, -0.2) is 0 Å². The first-order chi connectivity index (χ1) is 17.3. The number of rotatable bonds is 13. The van der Waals surface area contributed by atoms with Gasteiger partial charge >= 0.3 is 5.97 Å². The maximum absolute atomic E-state index is 13.4. The van der Waals surface area contributed by atoms with E-state index in [1.807, 2.05) is 28.0 Å². The van der Waals surface area contributed by atoms with E-state index in [-0.39, 0.29) is 37.1 Å². The van der Waals surface area contributed by atoms with Gasteiger partial charge in [0.25, 0.3) is 0 Å². The van der Waals surface area contributed by atoms with E-state index in [2.05, 4.69) is 13.8 Å². The zero-order valence-corrected chi connectivity index (χ0v) is 22.1. The van der Waals surface area contributed by atoms with Gasteiger partial charge in [0, 0.05) is 52.1 Å². The van der Waals surface area contributed by atoms with Crippen LogP contribution < -0.4 is 9.47 Å². The summed E-state index contributed by atoms with van der Waals surface area (Å²) in [5, 5.41) is 10.3. The van der Waals surface area contributed by atoms with Crippen molar-refractivity contribution in [2.75, 3.05) is 46.6 Å². The van der Waals surface area contributed by atoms with Gasteiger partial charge in [0.05, 0.1) is 12.5 Å². The molecule has 200 valence electrons. The largest absolute Gasteiger partial charge is 0.481 e. The van der Waals surface area contributed by atoms with Gasteiger partial charge in [-0.15, -0.1) is 0 Å². The summed E-state index contributed by atoms with van der Waals surface area (Å²) in [6.07, 6.45) is 4.38. The Morgan fingerprint density at radius 3 is 2.33 bits per heavy atom. The fourth-order valence-electron chi connectivity index (χ4n) is 5.15. The normalized spacial score (nSPS) is 20.9. The Labute approximate surface area is 214 Å². The number of aliphatic carboxylic acids is 1. The number of hydrogen-bond donors (Lipinski definition) is 1. The number of carboxylic acids is 1. The number of carboxylic acid groups (broad SMARTS) is 1. The molecular weight excluding hydrogens is 462 g/mol. The summed E-state index contributed by atoms with van der Waals surface area (Å²) in [5.41, 5.74) is 0.861. The van der Waals surface area contributed by atoms with Gasteiger partial charge in [-0.2, -0.15) is 0 Å². The summed E-state index contributed by atoms with van der Waals surface area (Å²) in [6.45, 7) is 8.35. The van der Waals surface area contributed by atoms with Gasteiger partial charge in [-0.3, -0.25) is 19.3 Å². The Bertz CT molecular complexity index is 915. The fraction of sp³-hybridized carbons (Fsp3) is 0.667. The second-order valence-corrected chi connectivity index (χ2v) is 9.90. The molecule has 0 spiro atoms. The molecule has 2 heterocycles. The molecule has 2 aliphatic heterocycles. The molecule has 0 aliphatic carbocycles. The molecule has 3 rings (SSSR count). The number of unbranched alkanes of at least 4 members (excludes halogenated alkanes) is 2. The van der Waals surface area contributed by atoms with E-state index in [9.17, 15) is 19.5 Å². The highest BCUT2D eigenvalue weighted by molar-refractivity contribution is 5.79. The minimum atomic E-state index is -0.892. The fourth-order valence-corrected chi connectivity index (χ4v) is 5.15. The lowest BCUT2D eigenvalue weighted by atomic mass is 9.84. The van der Waals surface area contributed by atoms with Crippen LogP contribution in [0.1, 0.15) is 64.4 Å². The molecule has 3 atom stereocenters. The number of carbonyl (C=O) groups excluding carboxylic acids is 2. The van der Waals surface area contributed by atoms with Gasteiger partial charge < -0.3 is 24.4 Å². The maximum atomic E-state index is 13.4. The molecule has 0 saturated carbocycles. The number of hydrogen-bond acceptors (Lipinski definition) is 6. The van der Waals surface area contributed by atoms with E-state index in [1.54, 1.807) is 11.9 Å². The number of carbonyl (C=O) groups is 3. The predicted molar refractivity (Wildman–Crippen MR) is 136 cm³/mol. The van der Waals surface area contributed by atoms with E-state index < -0.39 is 11.9 Å². The van der Waals surface area contributed by atoms with E-state index in [0.717, 1.165) is 44.3 Å². The zero-order chi connectivity index (χ0) is 26.2. The summed E-state index contributed by atoms with van der Waals surface area (Å²) in [6, 6.07) is 5.21. The summed E-state index contributed by atoms with van der Waals surface area (Å²) in [5.74, 6) is -0.674. The van der Waals surface area contributed by atoms with Crippen molar-refractivity contribution in [1.29, 1.82) is 0 Å². The number of fused-ring (bicyclic) bond motifs is 1. The third-order valence-electron chi connectivity index (χ3n) is 7.41. The minimum absolute atomic E-state index is 0.0392. The average molecular weight is 504 g/mol. The van der Waals surface area contributed by atoms with Crippen molar-refractivity contribution in [3.8, 4) is 11.5 Å². The Morgan fingerprint density at radius 2 is 1.72 bits per heavy atom. The Balaban J connectivity index is 1.86. The van der Waals surface area contributed by atoms with Crippen molar-refractivity contribution >= 4 is 17.8 Å². The zero-order valence-electron chi connectivity index (χ0n) is 22.1. The molecule has 0 bridgehead atoms. The smallest absolute Gasteiger partial charge is 0.308 e. The molecule has 1 aromatic rings. The maximum Gasteiger partial charge on any atom is 0.308 e. The Hall–Kier alpha value is -2.81. The van der Waals surface area contributed by atoms with Crippen molar-refractivity contribution in [3.05, 3.63) is 23.8 Å². The lowest BCUT2D eigenvalue weighted by molar-refractivity contribution is -0.144. The molecule has 9 nitrogen and oxygen atoms in total. The molecule has 1 aromatic carbocycles. The van der Waals surface area contributed by atoms with E-state index in [0.29, 0.717) is 31.0 Å². The summed E-state index contributed by atoms with van der Waals surface area (Å²) in [7, 11) is 1.72. The molecule has 9 heteroatoms. The number of likely N-dealkylation sites (tertiary alicyclic amines) is 1. The second kappa shape index (κ2) is 12.9. The van der Waals surface area contributed by atoms with Crippen LogP contribution >= 0.6 is 0 Å². The van der Waals surface area contributed by atoms with Crippen LogP contribution in [-0.2, 0) is 14.4 Å². The molecule has 1 N–H and O–H groups in total. The standard InChI is InChI=1S/C27H41N3O6/c1-5-7-12-29(13-8-6-2)25(32)17-30-16-21(20-9-10-23-24(15-20)36-18-35-23)26(27(33)34)22(30)11-14-28(4)19(3)31/h9-10,15,21-22,26H,5-8,11-14,16-18H2,1-4H3,(H,33,34)/t21-,22+,26-/m1/s1. The van der Waals surface area contributed by atoms with Crippen molar-refractivity contribution in [2.45, 2.75) is 64.8 Å². The first-order valence-electron chi connectivity index (χ1n) is 13.1. The van der Waals surface area contributed by atoms with Crippen molar-refractivity contribution < 1.29 is 29.0 Å². The Morgan fingerprint density at radius 1 is 1.06 bits per heavy atom. The van der Waals surface area contributed by atoms with Crippen LogP contribution in [0.4, 0.5) is 0 Å². The summed E-state index contributed by atoms with van der Waals surface area (Å²) < 4.78 is 11.0. The van der Waals surface area contributed by atoms with Gasteiger partial charge in [-0.1, -0.05) is 32.8 Å². The van der Waals surface area contributed by atoms with E-state index in [1.165, 1.54) is 6.92 Å². The molecule has 2 aliphatic rings. The molecule has 0 aromatic heterocycles. The van der Waals surface area contributed by atoms with Crippen molar-refractivity contribution in [2.24, 2.45) is 5.92 Å². The summed E-state index contributed by atoms with van der Waals surface area (Å²) in [4.78, 5) is 43.4. The number of benzene rings is 1. The molecule has 0 radical (unpaired) electrons. The van der Waals surface area contributed by atoms with Gasteiger partial charge in [0.15, 0.2) is 11.5 Å². The molecule has 2 amide bonds. The third kappa shape index (κ3) is 6.69. The van der Waals surface area contributed by atoms with Crippen LogP contribution in [0.3, 0.4) is 0 Å².